The largest absolute Gasteiger partial charge is 0.573 e. The van der Waals surface area contributed by atoms with E-state index in [9.17, 15) is 23.1 Å². The van der Waals surface area contributed by atoms with Crippen molar-refractivity contribution in [1.82, 2.24) is 4.57 Å². The minimum absolute atomic E-state index is 0.200. The van der Waals surface area contributed by atoms with Crippen molar-refractivity contribution >= 4 is 16.9 Å². The van der Waals surface area contributed by atoms with E-state index in [1.807, 2.05) is 18.4 Å². The lowest BCUT2D eigenvalue weighted by molar-refractivity contribution is -0.274. The van der Waals surface area contributed by atoms with Gasteiger partial charge < -0.3 is 14.4 Å². The van der Waals surface area contributed by atoms with Crippen LogP contribution in [0, 0.1) is 5.92 Å². The van der Waals surface area contributed by atoms with Gasteiger partial charge in [0.2, 0.25) is 0 Å². The first-order valence-corrected chi connectivity index (χ1v) is 8.36. The third kappa shape index (κ3) is 4.24. The number of nitrogens with zero attached hydrogens (tertiary/aromatic N) is 1. The summed E-state index contributed by atoms with van der Waals surface area (Å²) in [6.07, 6.45) is -3.16. The van der Waals surface area contributed by atoms with Gasteiger partial charge >= 0.3 is 12.3 Å². The summed E-state index contributed by atoms with van der Waals surface area (Å²) in [7, 11) is 0. The number of halogens is 3. The first-order chi connectivity index (χ1) is 12.6. The van der Waals surface area contributed by atoms with Gasteiger partial charge in [0.15, 0.2) is 0 Å². The number of fused-ring (bicyclic) bond motifs is 1. The first-order valence-electron chi connectivity index (χ1n) is 8.36. The average Bonchev–Trinajstić information content (AvgIpc) is 2.91. The average molecular weight is 377 g/mol. The first kappa shape index (κ1) is 18.8. The van der Waals surface area contributed by atoms with Crippen molar-refractivity contribution in [3.8, 4) is 16.9 Å². The van der Waals surface area contributed by atoms with Crippen LogP contribution in [0.4, 0.5) is 13.2 Å². The lowest BCUT2D eigenvalue weighted by Gasteiger charge is -2.11. The molecule has 0 aliphatic rings. The Hall–Kier alpha value is -2.96. The molecule has 1 N–H and O–H groups in total. The summed E-state index contributed by atoms with van der Waals surface area (Å²) in [6, 6.07) is 10.9. The highest BCUT2D eigenvalue weighted by Gasteiger charge is 2.31. The highest BCUT2D eigenvalue weighted by Crippen LogP contribution is 2.31. The van der Waals surface area contributed by atoms with Crippen molar-refractivity contribution < 1.29 is 27.8 Å². The van der Waals surface area contributed by atoms with E-state index in [0.29, 0.717) is 29.0 Å². The molecular weight excluding hydrogens is 359 g/mol. The second-order valence-corrected chi connectivity index (χ2v) is 6.70. The minimum Gasteiger partial charge on any atom is -0.478 e. The smallest absolute Gasteiger partial charge is 0.478 e. The molecule has 7 heteroatoms. The Labute approximate surface area is 153 Å². The quantitative estimate of drug-likeness (QED) is 0.633. The number of ether oxygens (including phenoxy) is 1. The Morgan fingerprint density at radius 3 is 2.48 bits per heavy atom. The van der Waals surface area contributed by atoms with Crippen molar-refractivity contribution in [3.63, 3.8) is 0 Å². The van der Waals surface area contributed by atoms with Crippen LogP contribution in [0.3, 0.4) is 0 Å². The fourth-order valence-corrected chi connectivity index (χ4v) is 3.06. The van der Waals surface area contributed by atoms with Crippen LogP contribution < -0.4 is 4.74 Å². The molecule has 0 saturated carbocycles. The number of rotatable bonds is 5. The molecule has 0 radical (unpaired) electrons. The number of hydrogen-bond acceptors (Lipinski definition) is 2. The zero-order chi connectivity index (χ0) is 19.8. The molecule has 0 aliphatic heterocycles. The van der Waals surface area contributed by atoms with Crippen LogP contribution in [0.1, 0.15) is 24.2 Å². The van der Waals surface area contributed by atoms with Gasteiger partial charge in [-0.2, -0.15) is 0 Å². The van der Waals surface area contributed by atoms with Gasteiger partial charge in [0.25, 0.3) is 0 Å². The third-order valence-corrected chi connectivity index (χ3v) is 4.08. The highest BCUT2D eigenvalue weighted by atomic mass is 19.4. The van der Waals surface area contributed by atoms with E-state index in [4.69, 9.17) is 0 Å². The number of hydrogen-bond donors (Lipinski definition) is 1. The monoisotopic (exact) mass is 377 g/mol. The molecule has 2 aromatic carbocycles. The number of carboxylic acid groups (broad SMARTS) is 1. The summed E-state index contributed by atoms with van der Waals surface area (Å²) in [5.74, 6) is -1.02. The Kier molecular flexibility index (Phi) is 4.87. The maximum atomic E-state index is 12.5. The van der Waals surface area contributed by atoms with E-state index >= 15 is 0 Å². The van der Waals surface area contributed by atoms with Crippen molar-refractivity contribution in [2.75, 3.05) is 0 Å². The molecule has 1 aromatic heterocycles. The predicted molar refractivity (Wildman–Crippen MR) is 95.9 cm³/mol. The minimum atomic E-state index is -4.76. The number of benzene rings is 2. The number of carboxylic acids is 1. The topological polar surface area (TPSA) is 51.5 Å². The normalized spacial score (nSPS) is 11.9. The molecule has 142 valence electrons. The lowest BCUT2D eigenvalue weighted by atomic mass is 10.0. The Morgan fingerprint density at radius 1 is 1.15 bits per heavy atom. The molecule has 4 nitrogen and oxygen atoms in total. The number of alkyl halides is 3. The van der Waals surface area contributed by atoms with E-state index in [-0.39, 0.29) is 11.3 Å². The second-order valence-electron chi connectivity index (χ2n) is 6.70. The molecule has 0 aliphatic carbocycles. The van der Waals surface area contributed by atoms with Gasteiger partial charge in [-0.1, -0.05) is 38.1 Å². The van der Waals surface area contributed by atoms with Gasteiger partial charge in [-0.15, -0.1) is 13.2 Å². The van der Waals surface area contributed by atoms with Crippen LogP contribution in [0.5, 0.6) is 5.75 Å². The summed E-state index contributed by atoms with van der Waals surface area (Å²) in [4.78, 5) is 11.5. The number of aromatic carboxylic acids is 1. The van der Waals surface area contributed by atoms with Crippen LogP contribution in [-0.4, -0.2) is 22.0 Å². The Balaban J connectivity index is 2.08. The van der Waals surface area contributed by atoms with E-state index in [2.05, 4.69) is 4.74 Å². The van der Waals surface area contributed by atoms with Gasteiger partial charge in [0, 0.05) is 23.6 Å². The molecule has 0 fully saturated rings. The summed E-state index contributed by atoms with van der Waals surface area (Å²) < 4.78 is 43.2. The summed E-state index contributed by atoms with van der Waals surface area (Å²) in [6.45, 7) is 4.67. The fraction of sp³-hybridized carbons (Fsp3) is 0.250. The van der Waals surface area contributed by atoms with Gasteiger partial charge in [0.05, 0.1) is 5.56 Å². The zero-order valence-electron chi connectivity index (χ0n) is 14.7. The molecule has 3 rings (SSSR count). The zero-order valence-corrected chi connectivity index (χ0v) is 14.7. The van der Waals surface area contributed by atoms with Crippen molar-refractivity contribution in [2.24, 2.45) is 5.92 Å². The van der Waals surface area contributed by atoms with E-state index in [1.165, 1.54) is 18.2 Å². The van der Waals surface area contributed by atoms with Crippen LogP contribution in [-0.2, 0) is 6.54 Å². The second kappa shape index (κ2) is 6.98. The maximum absolute atomic E-state index is 12.5. The summed E-state index contributed by atoms with van der Waals surface area (Å²) in [5.41, 5.74) is 2.15. The third-order valence-electron chi connectivity index (χ3n) is 4.08. The predicted octanol–water partition coefficient (Wildman–Crippen LogP) is 5.56. The maximum Gasteiger partial charge on any atom is 0.573 e. The summed E-state index contributed by atoms with van der Waals surface area (Å²) in [5, 5.41) is 10.0. The van der Waals surface area contributed by atoms with Crippen LogP contribution in [0.2, 0.25) is 0 Å². The molecule has 0 bridgehead atoms. The van der Waals surface area contributed by atoms with Gasteiger partial charge in [-0.05, 0) is 35.2 Å². The van der Waals surface area contributed by atoms with Gasteiger partial charge in [-0.25, -0.2) is 4.79 Å². The molecular formula is C20H18F3NO3. The van der Waals surface area contributed by atoms with Crippen molar-refractivity contribution in [2.45, 2.75) is 26.8 Å². The van der Waals surface area contributed by atoms with E-state index in [0.717, 1.165) is 5.52 Å². The van der Waals surface area contributed by atoms with Crippen LogP contribution in [0.15, 0.2) is 48.7 Å². The van der Waals surface area contributed by atoms with Crippen molar-refractivity contribution in [3.05, 3.63) is 54.2 Å². The summed E-state index contributed by atoms with van der Waals surface area (Å²) >= 11 is 0. The molecule has 1 heterocycles. The SMILES string of the molecule is CC(C)Cn1cc(C(=O)O)c2ccc(-c3cccc(OC(F)(F)F)c3)cc21. The molecule has 0 saturated heterocycles. The molecule has 0 amide bonds. The van der Waals surface area contributed by atoms with Gasteiger partial charge in [-0.3, -0.25) is 0 Å². The Bertz CT molecular complexity index is 990. The van der Waals surface area contributed by atoms with Gasteiger partial charge in [0.1, 0.15) is 5.75 Å². The lowest BCUT2D eigenvalue weighted by Crippen LogP contribution is -2.17. The van der Waals surface area contributed by atoms with Crippen LogP contribution in [0.25, 0.3) is 22.0 Å². The standard InChI is InChI=1S/C20H18F3NO3/c1-12(2)10-24-11-17(19(25)26)16-7-6-14(9-18(16)24)13-4-3-5-15(8-13)27-20(21,22)23/h3-9,11-12H,10H2,1-2H3,(H,25,26). The fourth-order valence-electron chi connectivity index (χ4n) is 3.06. The van der Waals surface area contributed by atoms with E-state index < -0.39 is 12.3 Å². The molecule has 3 aromatic rings. The van der Waals surface area contributed by atoms with E-state index in [1.54, 1.807) is 30.5 Å². The molecule has 0 spiro atoms. The molecule has 27 heavy (non-hydrogen) atoms. The molecule has 0 atom stereocenters. The molecule has 0 unspecified atom stereocenters. The Morgan fingerprint density at radius 2 is 1.85 bits per heavy atom. The number of carbonyl (C=O) groups is 1. The van der Waals surface area contributed by atoms with Crippen molar-refractivity contribution in [1.29, 1.82) is 0 Å². The number of aromatic nitrogens is 1. The highest BCUT2D eigenvalue weighted by molar-refractivity contribution is 6.04. The van der Waals surface area contributed by atoms with Crippen LogP contribution >= 0.6 is 0 Å².